The lowest BCUT2D eigenvalue weighted by molar-refractivity contribution is -0.145. The zero-order valence-electron chi connectivity index (χ0n) is 33.9. The van der Waals surface area contributed by atoms with Crippen LogP contribution in [0.1, 0.15) is 25.0 Å². The second-order valence-electron chi connectivity index (χ2n) is 17.2. The number of aliphatic hydroxyl groups excluding tert-OH is 2. The van der Waals surface area contributed by atoms with Gasteiger partial charge in [-0.3, -0.25) is 24.1 Å². The fourth-order valence-corrected chi connectivity index (χ4v) is 9.63. The molecular formula is C46H48N2O13. The van der Waals surface area contributed by atoms with Crippen LogP contribution in [0.25, 0.3) is 0 Å². The predicted molar refractivity (Wildman–Crippen MR) is 215 cm³/mol. The van der Waals surface area contributed by atoms with Gasteiger partial charge < -0.3 is 43.7 Å². The number of rotatable bonds is 17. The molecule has 0 radical (unpaired) electrons. The maximum absolute atomic E-state index is 13.5. The monoisotopic (exact) mass is 836 g/mol. The van der Waals surface area contributed by atoms with E-state index in [4.69, 9.17) is 28.4 Å². The van der Waals surface area contributed by atoms with Gasteiger partial charge in [-0.25, -0.2) is 4.90 Å². The zero-order chi connectivity index (χ0) is 42.8. The number of likely N-dealkylation sites (tertiary alicyclic amines) is 1. The fourth-order valence-electron chi connectivity index (χ4n) is 9.63. The van der Waals surface area contributed by atoms with Crippen LogP contribution >= 0.6 is 0 Å². The van der Waals surface area contributed by atoms with Crippen molar-refractivity contribution in [1.29, 1.82) is 0 Å². The molecule has 4 fully saturated rings. The van der Waals surface area contributed by atoms with Crippen molar-refractivity contribution < 1.29 is 62.9 Å². The van der Waals surface area contributed by atoms with E-state index in [9.17, 15) is 34.5 Å². The quantitative estimate of drug-likeness (QED) is 0.133. The number of aliphatic hydroxyl groups is 2. The molecule has 6 aliphatic rings. The molecule has 4 bridgehead atoms. The van der Waals surface area contributed by atoms with Gasteiger partial charge in [-0.05, 0) is 59.7 Å². The maximum atomic E-state index is 13.5. The van der Waals surface area contributed by atoms with Crippen molar-refractivity contribution in [1.82, 2.24) is 4.90 Å². The Morgan fingerprint density at radius 2 is 1.10 bits per heavy atom. The number of hydrogen-bond donors (Lipinski definition) is 3. The molecule has 15 nitrogen and oxygen atoms in total. The van der Waals surface area contributed by atoms with Crippen LogP contribution in [0.3, 0.4) is 0 Å². The third-order valence-corrected chi connectivity index (χ3v) is 13.0. The van der Waals surface area contributed by atoms with E-state index >= 15 is 0 Å². The number of hydrogen-bond acceptors (Lipinski definition) is 13. The summed E-state index contributed by atoms with van der Waals surface area (Å²) in [4.78, 5) is 54.4. The topological polar surface area (TPSA) is 191 Å². The summed E-state index contributed by atoms with van der Waals surface area (Å²) in [6.07, 6.45) is 4.26. The first-order valence-electron chi connectivity index (χ1n) is 20.4. The van der Waals surface area contributed by atoms with Crippen molar-refractivity contribution >= 4 is 29.3 Å². The fraction of sp³-hybridized carbons (Fsp3) is 0.435. The minimum Gasteiger partial charge on any atom is -0.508 e. The van der Waals surface area contributed by atoms with Crippen LogP contribution in [0.5, 0.6) is 17.2 Å². The molecule has 3 N–H and O–H groups in total. The second-order valence-corrected chi connectivity index (χ2v) is 17.2. The van der Waals surface area contributed by atoms with E-state index in [1.54, 1.807) is 18.2 Å². The Bertz CT molecular complexity index is 2260. The number of anilines is 1. The van der Waals surface area contributed by atoms with Crippen molar-refractivity contribution in [2.45, 2.75) is 54.9 Å². The minimum absolute atomic E-state index is 0.0115. The lowest BCUT2D eigenvalue weighted by atomic mass is 9.77. The Kier molecular flexibility index (Phi) is 10.4. The number of ether oxygens (including phenoxy) is 6. The van der Waals surface area contributed by atoms with E-state index in [1.165, 1.54) is 31.3 Å². The molecule has 3 aromatic rings. The molecule has 15 heteroatoms. The van der Waals surface area contributed by atoms with Gasteiger partial charge in [-0.2, -0.15) is 0 Å². The predicted octanol–water partition coefficient (Wildman–Crippen LogP) is 2.68. The molecule has 320 valence electrons. The summed E-state index contributed by atoms with van der Waals surface area (Å²) in [6, 6.07) is 21.1. The van der Waals surface area contributed by atoms with E-state index in [0.29, 0.717) is 17.2 Å². The first-order chi connectivity index (χ1) is 29.2. The second kappa shape index (κ2) is 15.5. The van der Waals surface area contributed by atoms with Crippen LogP contribution in [0, 0.1) is 23.7 Å². The van der Waals surface area contributed by atoms with Crippen molar-refractivity contribution in [2.75, 3.05) is 51.6 Å². The minimum atomic E-state index is -1.13. The van der Waals surface area contributed by atoms with Crippen LogP contribution in [0.2, 0.25) is 0 Å². The van der Waals surface area contributed by atoms with E-state index in [2.05, 4.69) is 13.8 Å². The average molecular weight is 837 g/mol. The first-order valence-corrected chi connectivity index (χ1v) is 20.4. The highest BCUT2D eigenvalue weighted by atomic mass is 16.6. The maximum Gasteiger partial charge on any atom is 0.241 e. The van der Waals surface area contributed by atoms with Gasteiger partial charge in [0.2, 0.25) is 23.6 Å². The number of amides is 4. The SMILES string of the molecule is CN1C(=O)C2C3C=CC(COCC(O)COc4ccc(C(C)(C)c5ccc(OCC(O)COCC67C=CC(O6)C6C(=O)N(c8ccc(O)cc8)C(=O)C67)cc5)cc4)(O3)C2C1=O. The standard InChI is InChI=1S/C46H48N2O13/c1-44(2,26-4-12-32(13-5-26)58-22-30(50)20-56-24-45-18-16-34(60-45)36-38(45)42(54)47(3)40(36)52)27-6-14-33(15-7-27)59-23-31(51)21-57-25-46-19-17-35(61-46)37-39(46)43(55)48(41(37)53)28-8-10-29(49)11-9-28/h4-19,30-31,34-39,49-51H,20-25H2,1-3H3. The Balaban J connectivity index is 0.711. The zero-order valence-corrected chi connectivity index (χ0v) is 33.9. The number of carbonyl (C=O) groups excluding carboxylic acids is 4. The highest BCUT2D eigenvalue weighted by Crippen LogP contribution is 2.53. The van der Waals surface area contributed by atoms with Crippen LogP contribution in [-0.4, -0.2) is 126 Å². The summed E-state index contributed by atoms with van der Waals surface area (Å²) in [7, 11) is 1.49. The number of imide groups is 2. The number of phenols is 1. The van der Waals surface area contributed by atoms with E-state index in [-0.39, 0.29) is 74.4 Å². The van der Waals surface area contributed by atoms with Gasteiger partial charge in [0.15, 0.2) is 0 Å². The lowest BCUT2D eigenvalue weighted by Gasteiger charge is -2.29. The highest BCUT2D eigenvalue weighted by molar-refractivity contribution is 6.23. The Labute approximate surface area is 352 Å². The molecule has 9 rings (SSSR count). The third-order valence-electron chi connectivity index (χ3n) is 13.0. The normalized spacial score (nSPS) is 30.4. The molecule has 0 saturated carbocycles. The van der Waals surface area contributed by atoms with Gasteiger partial charge in [-0.15, -0.1) is 0 Å². The summed E-state index contributed by atoms with van der Waals surface area (Å²) in [5.41, 5.74) is -0.0733. The molecule has 0 aliphatic carbocycles. The summed E-state index contributed by atoms with van der Waals surface area (Å²) >= 11 is 0. The molecule has 10 atom stereocenters. The summed E-state index contributed by atoms with van der Waals surface area (Å²) in [5.74, 6) is -2.67. The molecule has 0 spiro atoms. The van der Waals surface area contributed by atoms with Gasteiger partial charge in [0.1, 0.15) is 53.9 Å². The van der Waals surface area contributed by atoms with E-state index in [0.717, 1.165) is 20.9 Å². The summed E-state index contributed by atoms with van der Waals surface area (Å²) in [5, 5.41) is 30.9. The molecule has 4 amide bonds. The van der Waals surface area contributed by atoms with E-state index < -0.39 is 59.3 Å². The molecule has 4 saturated heterocycles. The van der Waals surface area contributed by atoms with Crippen LogP contribution < -0.4 is 14.4 Å². The van der Waals surface area contributed by atoms with Gasteiger partial charge in [-0.1, -0.05) is 62.4 Å². The van der Waals surface area contributed by atoms with Crippen molar-refractivity contribution in [3.63, 3.8) is 0 Å². The Morgan fingerprint density at radius 1 is 0.639 bits per heavy atom. The molecular weight excluding hydrogens is 789 g/mol. The Hall–Kier alpha value is -5.42. The first kappa shape index (κ1) is 41.0. The number of carbonyl (C=O) groups is 4. The highest BCUT2D eigenvalue weighted by Gasteiger charge is 2.68. The van der Waals surface area contributed by atoms with Gasteiger partial charge in [0.05, 0.1) is 68.0 Å². The number of aromatic hydroxyl groups is 1. The molecule has 6 heterocycles. The molecule has 6 aliphatic heterocycles. The van der Waals surface area contributed by atoms with Gasteiger partial charge in [0.25, 0.3) is 0 Å². The number of nitrogens with zero attached hydrogens (tertiary/aromatic N) is 2. The molecule has 0 aromatic heterocycles. The Morgan fingerprint density at radius 3 is 1.59 bits per heavy atom. The third kappa shape index (κ3) is 7.02. The molecule has 61 heavy (non-hydrogen) atoms. The van der Waals surface area contributed by atoms with Crippen LogP contribution in [0.15, 0.2) is 97.1 Å². The van der Waals surface area contributed by atoms with Crippen molar-refractivity contribution in [2.24, 2.45) is 23.7 Å². The lowest BCUT2D eigenvalue weighted by Crippen LogP contribution is -2.44. The van der Waals surface area contributed by atoms with Crippen molar-refractivity contribution in [3.8, 4) is 17.2 Å². The van der Waals surface area contributed by atoms with Crippen molar-refractivity contribution in [3.05, 3.63) is 108 Å². The van der Waals surface area contributed by atoms with E-state index in [1.807, 2.05) is 54.6 Å². The number of fused-ring (bicyclic) bond motifs is 10. The van der Waals surface area contributed by atoms with Gasteiger partial charge >= 0.3 is 0 Å². The summed E-state index contributed by atoms with van der Waals surface area (Å²) < 4.78 is 35.5. The number of benzene rings is 3. The smallest absolute Gasteiger partial charge is 0.241 e. The molecule has 10 unspecified atom stereocenters. The number of phenolic OH excluding ortho intramolecular Hbond substituents is 1. The average Bonchev–Trinajstić information content (AvgIpc) is 4.10. The van der Waals surface area contributed by atoms with Gasteiger partial charge in [0, 0.05) is 12.5 Å². The summed E-state index contributed by atoms with van der Waals surface area (Å²) in [6.45, 7) is 4.04. The van der Waals surface area contributed by atoms with Crippen LogP contribution in [0.4, 0.5) is 5.69 Å². The van der Waals surface area contributed by atoms with Crippen LogP contribution in [-0.2, 0) is 43.5 Å². The molecule has 3 aromatic carbocycles. The largest absolute Gasteiger partial charge is 0.508 e.